The van der Waals surface area contributed by atoms with Crippen molar-refractivity contribution in [3.05, 3.63) is 65.2 Å². The van der Waals surface area contributed by atoms with Crippen molar-refractivity contribution in [2.75, 3.05) is 5.01 Å². The van der Waals surface area contributed by atoms with E-state index in [1.807, 2.05) is 41.6 Å². The van der Waals surface area contributed by atoms with Crippen molar-refractivity contribution >= 4 is 23.5 Å². The SMILES string of the molecule is Clc1ccc(N2N=CCC2c2ccccc2)cc1. The van der Waals surface area contributed by atoms with Gasteiger partial charge < -0.3 is 0 Å². The fourth-order valence-electron chi connectivity index (χ4n) is 2.21. The second kappa shape index (κ2) is 4.83. The summed E-state index contributed by atoms with van der Waals surface area (Å²) >= 11 is 5.91. The highest BCUT2D eigenvalue weighted by molar-refractivity contribution is 6.30. The number of nitrogens with zero attached hydrogens (tertiary/aromatic N) is 2. The lowest BCUT2D eigenvalue weighted by Gasteiger charge is -2.24. The van der Waals surface area contributed by atoms with E-state index in [4.69, 9.17) is 11.6 Å². The van der Waals surface area contributed by atoms with E-state index in [2.05, 4.69) is 29.4 Å². The summed E-state index contributed by atoms with van der Waals surface area (Å²) in [6.07, 6.45) is 2.90. The van der Waals surface area contributed by atoms with E-state index in [1.165, 1.54) is 5.56 Å². The minimum Gasteiger partial charge on any atom is -0.258 e. The molecule has 1 aliphatic rings. The van der Waals surface area contributed by atoms with Crippen LogP contribution in [-0.4, -0.2) is 6.21 Å². The molecule has 0 bridgehead atoms. The zero-order chi connectivity index (χ0) is 12.4. The molecule has 90 valence electrons. The van der Waals surface area contributed by atoms with Crippen molar-refractivity contribution in [2.24, 2.45) is 5.10 Å². The molecule has 18 heavy (non-hydrogen) atoms. The van der Waals surface area contributed by atoms with Gasteiger partial charge in [-0.1, -0.05) is 41.9 Å². The van der Waals surface area contributed by atoms with Crippen LogP contribution in [0.3, 0.4) is 0 Å². The number of rotatable bonds is 2. The Morgan fingerprint density at radius 2 is 1.72 bits per heavy atom. The molecule has 0 aliphatic carbocycles. The molecule has 2 aromatic carbocycles. The molecule has 0 saturated carbocycles. The van der Waals surface area contributed by atoms with Gasteiger partial charge in [0.25, 0.3) is 0 Å². The van der Waals surface area contributed by atoms with Gasteiger partial charge in [0.15, 0.2) is 0 Å². The van der Waals surface area contributed by atoms with Gasteiger partial charge in [-0.3, -0.25) is 5.01 Å². The Bertz CT molecular complexity index is 548. The Kier molecular flexibility index (Phi) is 3.03. The van der Waals surface area contributed by atoms with Crippen LogP contribution in [0.5, 0.6) is 0 Å². The third-order valence-corrected chi connectivity index (χ3v) is 3.36. The summed E-state index contributed by atoms with van der Waals surface area (Å²) in [5.41, 5.74) is 2.35. The van der Waals surface area contributed by atoms with Gasteiger partial charge in [0.1, 0.15) is 0 Å². The summed E-state index contributed by atoms with van der Waals surface area (Å²) in [4.78, 5) is 0. The fourth-order valence-corrected chi connectivity index (χ4v) is 2.33. The molecule has 0 aromatic heterocycles. The maximum Gasteiger partial charge on any atom is 0.0825 e. The standard InChI is InChI=1S/C15H13ClN2/c16-13-6-8-14(9-7-13)18-15(10-11-17-18)12-4-2-1-3-5-12/h1-9,11,15H,10H2. The smallest absolute Gasteiger partial charge is 0.0825 e. The van der Waals surface area contributed by atoms with Crippen LogP contribution in [-0.2, 0) is 0 Å². The molecule has 2 aromatic rings. The monoisotopic (exact) mass is 256 g/mol. The zero-order valence-corrected chi connectivity index (χ0v) is 10.6. The highest BCUT2D eigenvalue weighted by Crippen LogP contribution is 2.33. The second-order valence-corrected chi connectivity index (χ2v) is 4.72. The van der Waals surface area contributed by atoms with E-state index in [0.29, 0.717) is 0 Å². The van der Waals surface area contributed by atoms with Gasteiger partial charge in [-0.05, 0) is 29.8 Å². The third kappa shape index (κ3) is 2.12. The highest BCUT2D eigenvalue weighted by Gasteiger charge is 2.23. The largest absolute Gasteiger partial charge is 0.258 e. The van der Waals surface area contributed by atoms with Gasteiger partial charge in [0.2, 0.25) is 0 Å². The van der Waals surface area contributed by atoms with Crippen molar-refractivity contribution in [2.45, 2.75) is 12.5 Å². The average molecular weight is 257 g/mol. The van der Waals surface area contributed by atoms with Crippen molar-refractivity contribution in [3.63, 3.8) is 0 Å². The third-order valence-electron chi connectivity index (χ3n) is 3.11. The van der Waals surface area contributed by atoms with Crippen LogP contribution < -0.4 is 5.01 Å². The number of hydrazone groups is 1. The quantitative estimate of drug-likeness (QED) is 0.783. The molecule has 1 atom stereocenters. The van der Waals surface area contributed by atoms with Gasteiger partial charge >= 0.3 is 0 Å². The number of halogens is 1. The topological polar surface area (TPSA) is 15.6 Å². The maximum atomic E-state index is 5.91. The summed E-state index contributed by atoms with van der Waals surface area (Å²) in [5.74, 6) is 0. The molecular weight excluding hydrogens is 244 g/mol. The first-order chi connectivity index (χ1) is 8.84. The van der Waals surface area contributed by atoms with E-state index >= 15 is 0 Å². The molecule has 0 amide bonds. The van der Waals surface area contributed by atoms with Gasteiger partial charge in [-0.2, -0.15) is 5.10 Å². The summed E-state index contributed by atoms with van der Waals surface area (Å²) in [7, 11) is 0. The van der Waals surface area contributed by atoms with Crippen LogP contribution in [0.1, 0.15) is 18.0 Å². The van der Waals surface area contributed by atoms with Crippen LogP contribution in [0.15, 0.2) is 59.7 Å². The molecule has 0 spiro atoms. The van der Waals surface area contributed by atoms with E-state index < -0.39 is 0 Å². The molecule has 0 fully saturated rings. The first-order valence-corrected chi connectivity index (χ1v) is 6.34. The van der Waals surface area contributed by atoms with Crippen LogP contribution in [0.2, 0.25) is 5.02 Å². The van der Waals surface area contributed by atoms with E-state index in [0.717, 1.165) is 17.1 Å². The van der Waals surface area contributed by atoms with Gasteiger partial charge in [-0.15, -0.1) is 0 Å². The van der Waals surface area contributed by atoms with Crippen LogP contribution in [0.4, 0.5) is 5.69 Å². The Morgan fingerprint density at radius 1 is 1.00 bits per heavy atom. The predicted molar refractivity (Wildman–Crippen MR) is 76.2 cm³/mol. The molecule has 0 saturated heterocycles. The summed E-state index contributed by atoms with van der Waals surface area (Å²) in [6, 6.07) is 18.5. The zero-order valence-electron chi connectivity index (χ0n) is 9.83. The van der Waals surface area contributed by atoms with Gasteiger partial charge in [-0.25, -0.2) is 0 Å². The second-order valence-electron chi connectivity index (χ2n) is 4.28. The normalized spacial score (nSPS) is 18.3. The number of hydrogen-bond donors (Lipinski definition) is 0. The van der Waals surface area contributed by atoms with E-state index in [1.54, 1.807) is 0 Å². The molecular formula is C15H13ClN2. The van der Waals surface area contributed by atoms with Gasteiger partial charge in [0, 0.05) is 17.7 Å². The molecule has 1 heterocycles. The molecule has 0 radical (unpaired) electrons. The van der Waals surface area contributed by atoms with E-state index in [-0.39, 0.29) is 6.04 Å². The van der Waals surface area contributed by atoms with Crippen molar-refractivity contribution in [1.82, 2.24) is 0 Å². The van der Waals surface area contributed by atoms with Gasteiger partial charge in [0.05, 0.1) is 11.7 Å². The molecule has 0 N–H and O–H groups in total. The molecule has 1 aliphatic heterocycles. The lowest BCUT2D eigenvalue weighted by molar-refractivity contribution is 0.710. The van der Waals surface area contributed by atoms with Crippen molar-refractivity contribution in [3.8, 4) is 0 Å². The van der Waals surface area contributed by atoms with Crippen molar-refractivity contribution < 1.29 is 0 Å². The first kappa shape index (κ1) is 11.3. The summed E-state index contributed by atoms with van der Waals surface area (Å²) < 4.78 is 0. The molecule has 3 heteroatoms. The van der Waals surface area contributed by atoms with Crippen LogP contribution >= 0.6 is 11.6 Å². The maximum absolute atomic E-state index is 5.91. The lowest BCUT2D eigenvalue weighted by atomic mass is 10.0. The molecule has 3 rings (SSSR count). The lowest BCUT2D eigenvalue weighted by Crippen LogP contribution is -2.18. The first-order valence-electron chi connectivity index (χ1n) is 5.97. The fraction of sp³-hybridized carbons (Fsp3) is 0.133. The number of anilines is 1. The average Bonchev–Trinajstić information content (AvgIpc) is 2.90. The molecule has 1 unspecified atom stereocenters. The minimum absolute atomic E-state index is 0.285. The van der Waals surface area contributed by atoms with Crippen LogP contribution in [0.25, 0.3) is 0 Å². The van der Waals surface area contributed by atoms with Crippen molar-refractivity contribution in [1.29, 1.82) is 0 Å². The minimum atomic E-state index is 0.285. The Hall–Kier alpha value is -1.80. The Balaban J connectivity index is 1.91. The van der Waals surface area contributed by atoms with E-state index in [9.17, 15) is 0 Å². The highest BCUT2D eigenvalue weighted by atomic mass is 35.5. The summed E-state index contributed by atoms with van der Waals surface area (Å²) in [6.45, 7) is 0. The summed E-state index contributed by atoms with van der Waals surface area (Å²) in [5, 5.41) is 7.25. The van der Waals surface area contributed by atoms with Crippen LogP contribution in [0, 0.1) is 0 Å². The Labute approximate surface area is 112 Å². The predicted octanol–water partition coefficient (Wildman–Crippen LogP) is 4.28. The Morgan fingerprint density at radius 3 is 2.44 bits per heavy atom. The molecule has 2 nitrogen and oxygen atoms in total. The number of hydrogen-bond acceptors (Lipinski definition) is 2. The number of benzene rings is 2.